The van der Waals surface area contributed by atoms with Gasteiger partial charge in [0.05, 0.1) is 13.4 Å². The Balaban J connectivity index is 1.73. The molecule has 0 bridgehead atoms. The van der Waals surface area contributed by atoms with Crippen molar-refractivity contribution in [3.63, 3.8) is 0 Å². The van der Waals surface area contributed by atoms with Gasteiger partial charge in [-0.1, -0.05) is 6.07 Å². The molecule has 1 aromatic heterocycles. The van der Waals surface area contributed by atoms with Crippen LogP contribution in [0.1, 0.15) is 23.0 Å². The van der Waals surface area contributed by atoms with Crippen molar-refractivity contribution in [1.29, 1.82) is 0 Å². The summed E-state index contributed by atoms with van der Waals surface area (Å²) >= 11 is 0. The van der Waals surface area contributed by atoms with E-state index in [4.69, 9.17) is 9.15 Å². The van der Waals surface area contributed by atoms with Crippen LogP contribution in [0.5, 0.6) is 5.75 Å². The first-order valence-electron chi connectivity index (χ1n) is 8.69. The molecule has 0 aliphatic rings. The van der Waals surface area contributed by atoms with Crippen molar-refractivity contribution in [2.45, 2.75) is 13.3 Å². The van der Waals surface area contributed by atoms with Gasteiger partial charge in [0.25, 0.3) is 5.91 Å². The maximum Gasteiger partial charge on any atom is 0.251 e. The zero-order valence-electron chi connectivity index (χ0n) is 15.2. The Hall–Kier alpha value is -2.96. The summed E-state index contributed by atoms with van der Waals surface area (Å²) in [7, 11) is 1.58. The van der Waals surface area contributed by atoms with Gasteiger partial charge in [0.1, 0.15) is 11.5 Å². The van der Waals surface area contributed by atoms with Crippen LogP contribution in [0.3, 0.4) is 0 Å². The maximum absolute atomic E-state index is 12.1. The van der Waals surface area contributed by atoms with Crippen molar-refractivity contribution in [1.82, 2.24) is 16.0 Å². The molecular weight excluding hydrogens is 332 g/mol. The molecule has 0 aliphatic heterocycles. The summed E-state index contributed by atoms with van der Waals surface area (Å²) in [6.07, 6.45) is 2.41. The molecule has 1 aromatic carbocycles. The second-order valence-corrected chi connectivity index (χ2v) is 5.50. The highest BCUT2D eigenvalue weighted by atomic mass is 16.5. The van der Waals surface area contributed by atoms with E-state index in [0.717, 1.165) is 24.7 Å². The molecule has 0 aliphatic carbocycles. The Labute approximate surface area is 153 Å². The number of methoxy groups -OCH3 is 1. The van der Waals surface area contributed by atoms with Gasteiger partial charge in [0, 0.05) is 38.2 Å². The smallest absolute Gasteiger partial charge is 0.251 e. The second-order valence-electron chi connectivity index (χ2n) is 5.50. The fourth-order valence-corrected chi connectivity index (χ4v) is 2.30. The number of furan rings is 1. The number of benzene rings is 1. The van der Waals surface area contributed by atoms with Crippen LogP contribution in [0, 0.1) is 0 Å². The molecule has 0 atom stereocenters. The molecule has 2 rings (SSSR count). The van der Waals surface area contributed by atoms with Gasteiger partial charge < -0.3 is 25.1 Å². The first-order valence-corrected chi connectivity index (χ1v) is 8.69. The third-order valence-electron chi connectivity index (χ3n) is 3.59. The van der Waals surface area contributed by atoms with Crippen LogP contribution in [0.25, 0.3) is 0 Å². The molecule has 7 nitrogen and oxygen atoms in total. The Bertz CT molecular complexity index is 699. The SMILES string of the molecule is CCNC(=NCCc1ccco1)NCCNC(=O)c1cccc(OC)c1. The summed E-state index contributed by atoms with van der Waals surface area (Å²) in [5.74, 6) is 2.16. The summed E-state index contributed by atoms with van der Waals surface area (Å²) < 4.78 is 10.4. The lowest BCUT2D eigenvalue weighted by molar-refractivity contribution is 0.0954. The van der Waals surface area contributed by atoms with Gasteiger partial charge in [-0.15, -0.1) is 0 Å². The number of carbonyl (C=O) groups excluding carboxylic acids is 1. The van der Waals surface area contributed by atoms with Gasteiger partial charge in [-0.25, -0.2) is 0 Å². The Morgan fingerprint density at radius 2 is 2.00 bits per heavy atom. The van der Waals surface area contributed by atoms with Crippen molar-refractivity contribution < 1.29 is 13.9 Å². The Kier molecular flexibility index (Phi) is 8.05. The molecule has 0 saturated heterocycles. The fourth-order valence-electron chi connectivity index (χ4n) is 2.30. The minimum absolute atomic E-state index is 0.134. The zero-order chi connectivity index (χ0) is 18.6. The average molecular weight is 358 g/mol. The van der Waals surface area contributed by atoms with E-state index < -0.39 is 0 Å². The number of hydrogen-bond acceptors (Lipinski definition) is 4. The number of carbonyl (C=O) groups is 1. The predicted octanol–water partition coefficient (Wildman–Crippen LogP) is 1.82. The van der Waals surface area contributed by atoms with Gasteiger partial charge in [-0.2, -0.15) is 0 Å². The molecule has 7 heteroatoms. The maximum atomic E-state index is 12.1. The lowest BCUT2D eigenvalue weighted by Gasteiger charge is -2.12. The Morgan fingerprint density at radius 3 is 2.73 bits per heavy atom. The largest absolute Gasteiger partial charge is 0.497 e. The number of hydrogen-bond donors (Lipinski definition) is 3. The van der Waals surface area contributed by atoms with Gasteiger partial charge in [-0.05, 0) is 37.3 Å². The topological polar surface area (TPSA) is 87.9 Å². The van der Waals surface area contributed by atoms with Crippen LogP contribution in [0.15, 0.2) is 52.1 Å². The van der Waals surface area contributed by atoms with E-state index in [-0.39, 0.29) is 5.91 Å². The molecule has 1 heterocycles. The minimum Gasteiger partial charge on any atom is -0.497 e. The highest BCUT2D eigenvalue weighted by Gasteiger charge is 2.06. The normalized spacial score (nSPS) is 11.1. The monoisotopic (exact) mass is 358 g/mol. The molecule has 3 N–H and O–H groups in total. The molecule has 140 valence electrons. The number of guanidine groups is 1. The van der Waals surface area contributed by atoms with E-state index in [9.17, 15) is 4.79 Å². The zero-order valence-corrected chi connectivity index (χ0v) is 15.2. The summed E-state index contributed by atoms with van der Waals surface area (Å²) in [6.45, 7) is 4.46. The van der Waals surface area contributed by atoms with Crippen LogP contribution in [0.2, 0.25) is 0 Å². The number of ether oxygens (including phenoxy) is 1. The van der Waals surface area contributed by atoms with Crippen LogP contribution in [0.4, 0.5) is 0 Å². The fraction of sp³-hybridized carbons (Fsp3) is 0.368. The van der Waals surface area contributed by atoms with E-state index in [2.05, 4.69) is 20.9 Å². The van der Waals surface area contributed by atoms with Gasteiger partial charge in [0.2, 0.25) is 0 Å². The lowest BCUT2D eigenvalue weighted by Crippen LogP contribution is -2.41. The summed E-state index contributed by atoms with van der Waals surface area (Å²) in [4.78, 5) is 16.6. The van der Waals surface area contributed by atoms with Gasteiger partial charge in [0.15, 0.2) is 5.96 Å². The molecule has 0 spiro atoms. The summed E-state index contributed by atoms with van der Waals surface area (Å²) in [5.41, 5.74) is 0.573. The number of rotatable bonds is 9. The van der Waals surface area contributed by atoms with Crippen LogP contribution in [-0.2, 0) is 6.42 Å². The minimum atomic E-state index is -0.134. The first-order chi connectivity index (χ1) is 12.7. The number of amides is 1. The van der Waals surface area contributed by atoms with E-state index in [1.165, 1.54) is 0 Å². The van der Waals surface area contributed by atoms with E-state index in [1.807, 2.05) is 19.1 Å². The van der Waals surface area contributed by atoms with Gasteiger partial charge >= 0.3 is 0 Å². The highest BCUT2D eigenvalue weighted by Crippen LogP contribution is 2.12. The van der Waals surface area contributed by atoms with Crippen molar-refractivity contribution in [2.24, 2.45) is 4.99 Å². The molecule has 0 fully saturated rings. The van der Waals surface area contributed by atoms with Crippen molar-refractivity contribution in [3.05, 3.63) is 54.0 Å². The highest BCUT2D eigenvalue weighted by molar-refractivity contribution is 5.94. The lowest BCUT2D eigenvalue weighted by atomic mass is 10.2. The first kappa shape index (κ1) is 19.4. The van der Waals surface area contributed by atoms with Crippen molar-refractivity contribution >= 4 is 11.9 Å². The third-order valence-corrected chi connectivity index (χ3v) is 3.59. The van der Waals surface area contributed by atoms with E-state index >= 15 is 0 Å². The third kappa shape index (κ3) is 6.51. The number of nitrogens with zero attached hydrogens (tertiary/aromatic N) is 1. The molecule has 26 heavy (non-hydrogen) atoms. The average Bonchev–Trinajstić information content (AvgIpc) is 3.18. The molecule has 0 saturated carbocycles. The quantitative estimate of drug-likeness (QED) is 0.361. The number of aliphatic imine (C=N–C) groups is 1. The van der Waals surface area contributed by atoms with Crippen LogP contribution in [-0.4, -0.2) is 45.2 Å². The van der Waals surface area contributed by atoms with Crippen molar-refractivity contribution in [3.8, 4) is 5.75 Å². The number of nitrogens with one attached hydrogen (secondary N) is 3. The van der Waals surface area contributed by atoms with Crippen molar-refractivity contribution in [2.75, 3.05) is 33.3 Å². The molecule has 1 amide bonds. The predicted molar refractivity (Wildman–Crippen MR) is 102 cm³/mol. The van der Waals surface area contributed by atoms with E-state index in [0.29, 0.717) is 30.9 Å². The standard InChI is InChI=1S/C19H26N4O3/c1-3-20-19(22-10-9-16-8-5-13-26-16)23-12-11-21-18(24)15-6-4-7-17(14-15)25-2/h4-8,13-14H,3,9-12H2,1-2H3,(H,21,24)(H2,20,22,23). The second kappa shape index (κ2) is 10.8. The van der Waals surface area contributed by atoms with E-state index in [1.54, 1.807) is 37.6 Å². The molecular formula is C19H26N4O3. The summed E-state index contributed by atoms with van der Waals surface area (Å²) in [6, 6.07) is 10.9. The van der Waals surface area contributed by atoms with Crippen LogP contribution >= 0.6 is 0 Å². The molecule has 2 aromatic rings. The van der Waals surface area contributed by atoms with Crippen LogP contribution < -0.4 is 20.7 Å². The molecule has 0 radical (unpaired) electrons. The summed E-state index contributed by atoms with van der Waals surface area (Å²) in [5, 5.41) is 9.25. The molecule has 0 unspecified atom stereocenters. The van der Waals surface area contributed by atoms with Gasteiger partial charge in [-0.3, -0.25) is 9.79 Å². The Morgan fingerprint density at radius 1 is 1.15 bits per heavy atom.